The highest BCUT2D eigenvalue weighted by atomic mass is 16.1. The number of rotatable bonds is 4. The van der Waals surface area contributed by atoms with Crippen LogP contribution in [0.2, 0.25) is 0 Å². The Morgan fingerprint density at radius 2 is 2.12 bits per heavy atom. The minimum Gasteiger partial charge on any atom is -0.399 e. The normalized spacial score (nSPS) is 11.2. The molecular weight excluding hydrogens is 200 g/mol. The third kappa shape index (κ3) is 3.57. The molecule has 0 saturated heterocycles. The largest absolute Gasteiger partial charge is 0.399 e. The molecule has 0 aromatic heterocycles. The standard InChI is InChI=1S/C13H20N2O/c1-4-8-13(2,3)15-12(16)10-6-5-7-11(14)9-10/h5-7,9H,4,8,14H2,1-3H3,(H,15,16). The van der Waals surface area contributed by atoms with Crippen LogP contribution in [0.4, 0.5) is 5.69 Å². The Morgan fingerprint density at radius 1 is 1.44 bits per heavy atom. The van der Waals surface area contributed by atoms with Gasteiger partial charge in [-0.15, -0.1) is 0 Å². The number of amides is 1. The molecule has 0 aliphatic carbocycles. The molecule has 16 heavy (non-hydrogen) atoms. The molecule has 0 heterocycles. The van der Waals surface area contributed by atoms with Gasteiger partial charge in [0.2, 0.25) is 0 Å². The van der Waals surface area contributed by atoms with Gasteiger partial charge in [-0.3, -0.25) is 4.79 Å². The summed E-state index contributed by atoms with van der Waals surface area (Å²) in [7, 11) is 0. The summed E-state index contributed by atoms with van der Waals surface area (Å²) in [6, 6.07) is 7.02. The van der Waals surface area contributed by atoms with Crippen LogP contribution in [0.5, 0.6) is 0 Å². The Labute approximate surface area is 97.0 Å². The van der Waals surface area contributed by atoms with Crippen molar-refractivity contribution in [1.29, 1.82) is 0 Å². The summed E-state index contributed by atoms with van der Waals surface area (Å²) in [4.78, 5) is 11.9. The quantitative estimate of drug-likeness (QED) is 0.766. The van der Waals surface area contributed by atoms with Crippen LogP contribution in [0.3, 0.4) is 0 Å². The molecule has 0 spiro atoms. The fraction of sp³-hybridized carbons (Fsp3) is 0.462. The molecule has 0 aliphatic rings. The van der Waals surface area contributed by atoms with Gasteiger partial charge in [0.05, 0.1) is 0 Å². The van der Waals surface area contributed by atoms with Gasteiger partial charge in [-0.05, 0) is 38.5 Å². The SMILES string of the molecule is CCCC(C)(C)NC(=O)c1cccc(N)c1. The summed E-state index contributed by atoms with van der Waals surface area (Å²) in [5, 5.41) is 3.01. The van der Waals surface area contributed by atoms with E-state index >= 15 is 0 Å². The third-order valence-corrected chi connectivity index (χ3v) is 2.48. The number of nitrogens with two attached hydrogens (primary N) is 1. The number of benzene rings is 1. The highest BCUT2D eigenvalue weighted by Crippen LogP contribution is 2.13. The predicted octanol–water partition coefficient (Wildman–Crippen LogP) is 2.58. The van der Waals surface area contributed by atoms with Crippen molar-refractivity contribution in [2.75, 3.05) is 5.73 Å². The maximum Gasteiger partial charge on any atom is 0.251 e. The van der Waals surface area contributed by atoms with E-state index in [-0.39, 0.29) is 11.4 Å². The molecule has 0 fully saturated rings. The lowest BCUT2D eigenvalue weighted by atomic mass is 9.98. The number of nitrogens with one attached hydrogen (secondary N) is 1. The Morgan fingerprint density at radius 3 is 2.69 bits per heavy atom. The molecule has 1 aromatic rings. The van der Waals surface area contributed by atoms with Crippen molar-refractivity contribution in [1.82, 2.24) is 5.32 Å². The average Bonchev–Trinajstić information content (AvgIpc) is 2.16. The zero-order chi connectivity index (χ0) is 12.2. The molecule has 3 N–H and O–H groups in total. The Bertz CT molecular complexity index is 372. The lowest BCUT2D eigenvalue weighted by molar-refractivity contribution is 0.0909. The lowest BCUT2D eigenvalue weighted by Gasteiger charge is -2.25. The van der Waals surface area contributed by atoms with E-state index < -0.39 is 0 Å². The maximum absolute atomic E-state index is 11.9. The minimum atomic E-state index is -0.170. The molecule has 0 atom stereocenters. The van der Waals surface area contributed by atoms with Crippen molar-refractivity contribution in [3.8, 4) is 0 Å². The van der Waals surface area contributed by atoms with Crippen LogP contribution in [0.25, 0.3) is 0 Å². The number of hydrogen-bond acceptors (Lipinski definition) is 2. The zero-order valence-electron chi connectivity index (χ0n) is 10.2. The average molecular weight is 220 g/mol. The first-order valence-corrected chi connectivity index (χ1v) is 5.62. The van der Waals surface area contributed by atoms with Gasteiger partial charge in [-0.1, -0.05) is 19.4 Å². The number of hydrogen-bond donors (Lipinski definition) is 2. The highest BCUT2D eigenvalue weighted by Gasteiger charge is 2.19. The monoisotopic (exact) mass is 220 g/mol. The molecule has 1 rings (SSSR count). The molecule has 0 saturated carbocycles. The lowest BCUT2D eigenvalue weighted by Crippen LogP contribution is -2.43. The Balaban J connectivity index is 2.72. The minimum absolute atomic E-state index is 0.0641. The first-order chi connectivity index (χ1) is 7.44. The van der Waals surface area contributed by atoms with E-state index in [9.17, 15) is 4.79 Å². The van der Waals surface area contributed by atoms with E-state index in [1.165, 1.54) is 0 Å². The Kier molecular flexibility index (Phi) is 3.93. The molecule has 0 aliphatic heterocycles. The highest BCUT2D eigenvalue weighted by molar-refractivity contribution is 5.95. The van der Waals surface area contributed by atoms with E-state index in [1.54, 1.807) is 24.3 Å². The molecular formula is C13H20N2O. The Hall–Kier alpha value is -1.51. The van der Waals surface area contributed by atoms with Crippen LogP contribution in [-0.2, 0) is 0 Å². The first kappa shape index (κ1) is 12.6. The van der Waals surface area contributed by atoms with E-state index in [1.807, 2.05) is 13.8 Å². The van der Waals surface area contributed by atoms with E-state index in [0.717, 1.165) is 12.8 Å². The van der Waals surface area contributed by atoms with E-state index in [4.69, 9.17) is 5.73 Å². The summed E-state index contributed by atoms with van der Waals surface area (Å²) in [5.74, 6) is -0.0641. The molecule has 3 heteroatoms. The topological polar surface area (TPSA) is 55.1 Å². The fourth-order valence-corrected chi connectivity index (χ4v) is 1.75. The predicted molar refractivity (Wildman–Crippen MR) is 67.3 cm³/mol. The molecule has 1 amide bonds. The van der Waals surface area contributed by atoms with Gasteiger partial charge < -0.3 is 11.1 Å². The summed E-state index contributed by atoms with van der Waals surface area (Å²) < 4.78 is 0. The molecule has 88 valence electrons. The van der Waals surface area contributed by atoms with Gasteiger partial charge in [0, 0.05) is 16.8 Å². The summed E-state index contributed by atoms with van der Waals surface area (Å²) in [6.45, 7) is 6.16. The molecule has 1 aromatic carbocycles. The molecule has 3 nitrogen and oxygen atoms in total. The second-order valence-corrected chi connectivity index (χ2v) is 4.71. The van der Waals surface area contributed by atoms with Gasteiger partial charge in [-0.2, -0.15) is 0 Å². The second-order valence-electron chi connectivity index (χ2n) is 4.71. The number of nitrogen functional groups attached to an aromatic ring is 1. The fourth-order valence-electron chi connectivity index (χ4n) is 1.75. The van der Waals surface area contributed by atoms with Gasteiger partial charge in [0.25, 0.3) is 5.91 Å². The van der Waals surface area contributed by atoms with Crippen LogP contribution in [0.15, 0.2) is 24.3 Å². The van der Waals surface area contributed by atoms with Crippen LogP contribution in [0, 0.1) is 0 Å². The number of carbonyl (C=O) groups is 1. The van der Waals surface area contributed by atoms with Crippen molar-refractivity contribution in [3.05, 3.63) is 29.8 Å². The third-order valence-electron chi connectivity index (χ3n) is 2.48. The number of carbonyl (C=O) groups excluding carboxylic acids is 1. The molecule has 0 unspecified atom stereocenters. The smallest absolute Gasteiger partial charge is 0.251 e. The molecule has 0 radical (unpaired) electrons. The first-order valence-electron chi connectivity index (χ1n) is 5.62. The summed E-state index contributed by atoms with van der Waals surface area (Å²) >= 11 is 0. The zero-order valence-corrected chi connectivity index (χ0v) is 10.2. The summed E-state index contributed by atoms with van der Waals surface area (Å²) in [6.07, 6.45) is 2.01. The van der Waals surface area contributed by atoms with Gasteiger partial charge >= 0.3 is 0 Å². The van der Waals surface area contributed by atoms with Crippen molar-refractivity contribution >= 4 is 11.6 Å². The van der Waals surface area contributed by atoms with Crippen molar-refractivity contribution < 1.29 is 4.79 Å². The maximum atomic E-state index is 11.9. The van der Waals surface area contributed by atoms with Gasteiger partial charge in [0.1, 0.15) is 0 Å². The van der Waals surface area contributed by atoms with E-state index in [2.05, 4.69) is 12.2 Å². The molecule has 0 bridgehead atoms. The van der Waals surface area contributed by atoms with Crippen molar-refractivity contribution in [3.63, 3.8) is 0 Å². The second kappa shape index (κ2) is 5.01. The van der Waals surface area contributed by atoms with Crippen LogP contribution >= 0.6 is 0 Å². The van der Waals surface area contributed by atoms with E-state index in [0.29, 0.717) is 11.3 Å². The van der Waals surface area contributed by atoms with Crippen LogP contribution in [-0.4, -0.2) is 11.4 Å². The summed E-state index contributed by atoms with van der Waals surface area (Å²) in [5.41, 5.74) is 6.70. The van der Waals surface area contributed by atoms with Gasteiger partial charge in [0.15, 0.2) is 0 Å². The van der Waals surface area contributed by atoms with Crippen LogP contribution < -0.4 is 11.1 Å². The van der Waals surface area contributed by atoms with Crippen molar-refractivity contribution in [2.24, 2.45) is 0 Å². The van der Waals surface area contributed by atoms with Crippen LogP contribution in [0.1, 0.15) is 44.0 Å². The number of anilines is 1. The van der Waals surface area contributed by atoms with Crippen molar-refractivity contribution in [2.45, 2.75) is 39.2 Å². The van der Waals surface area contributed by atoms with Gasteiger partial charge in [-0.25, -0.2) is 0 Å².